The first-order valence-corrected chi connectivity index (χ1v) is 11.5. The van der Waals surface area contributed by atoms with Crippen molar-refractivity contribution in [3.05, 3.63) is 96.3 Å². The number of carbonyl (C=O) groups is 1. The van der Waals surface area contributed by atoms with Gasteiger partial charge in [0.2, 0.25) is 5.91 Å². The molecule has 0 aliphatic rings. The van der Waals surface area contributed by atoms with Crippen molar-refractivity contribution in [3.63, 3.8) is 0 Å². The van der Waals surface area contributed by atoms with E-state index in [1.807, 2.05) is 30.3 Å². The lowest BCUT2D eigenvalue weighted by Crippen LogP contribution is -2.32. The summed E-state index contributed by atoms with van der Waals surface area (Å²) in [6.45, 7) is 0.301. The van der Waals surface area contributed by atoms with E-state index < -0.39 is 20.9 Å². The molecule has 0 fully saturated rings. The summed E-state index contributed by atoms with van der Waals surface area (Å²) in [6.07, 6.45) is 0.715. The molecule has 3 aromatic carbocycles. The SMILES string of the molecule is O=C(CCCOc1ccccc1)NCC(c1ccccc1)S(=O)(=O)c1ccc(F)cc1. The van der Waals surface area contributed by atoms with Crippen LogP contribution in [0.2, 0.25) is 0 Å². The Morgan fingerprint density at radius 1 is 0.903 bits per heavy atom. The first-order valence-electron chi connectivity index (χ1n) is 9.96. The third-order valence-corrected chi connectivity index (χ3v) is 6.85. The van der Waals surface area contributed by atoms with Gasteiger partial charge in [-0.25, -0.2) is 12.8 Å². The Labute approximate surface area is 181 Å². The molecule has 0 saturated carbocycles. The molecule has 0 radical (unpaired) electrons. The van der Waals surface area contributed by atoms with Crippen molar-refractivity contribution in [2.75, 3.05) is 13.2 Å². The standard InChI is InChI=1S/C24H24FNO4S/c25-20-13-15-22(16-14-20)31(28,29)23(19-8-3-1-4-9-19)18-26-24(27)12-7-17-30-21-10-5-2-6-11-21/h1-6,8-11,13-16,23H,7,12,17-18H2,(H,26,27). The molecule has 0 aromatic heterocycles. The van der Waals surface area contributed by atoms with Crippen molar-refractivity contribution in [2.45, 2.75) is 23.0 Å². The van der Waals surface area contributed by atoms with E-state index in [-0.39, 0.29) is 23.8 Å². The minimum Gasteiger partial charge on any atom is -0.494 e. The predicted octanol–water partition coefficient (Wildman–Crippen LogP) is 4.32. The molecule has 1 N–H and O–H groups in total. The highest BCUT2D eigenvalue weighted by molar-refractivity contribution is 7.91. The molecule has 31 heavy (non-hydrogen) atoms. The monoisotopic (exact) mass is 441 g/mol. The zero-order valence-corrected chi connectivity index (χ0v) is 17.7. The third-order valence-electron chi connectivity index (χ3n) is 4.73. The van der Waals surface area contributed by atoms with Crippen LogP contribution < -0.4 is 10.1 Å². The number of sulfone groups is 1. The van der Waals surface area contributed by atoms with Gasteiger partial charge in [-0.3, -0.25) is 4.79 Å². The van der Waals surface area contributed by atoms with Crippen LogP contribution in [0.3, 0.4) is 0 Å². The zero-order valence-electron chi connectivity index (χ0n) is 16.9. The van der Waals surface area contributed by atoms with Crippen LogP contribution >= 0.6 is 0 Å². The number of hydrogen-bond acceptors (Lipinski definition) is 4. The van der Waals surface area contributed by atoms with E-state index >= 15 is 0 Å². The smallest absolute Gasteiger partial charge is 0.220 e. The normalized spacial score (nSPS) is 12.2. The van der Waals surface area contributed by atoms with Crippen LogP contribution in [0.25, 0.3) is 0 Å². The number of halogens is 1. The Morgan fingerprint density at radius 3 is 2.16 bits per heavy atom. The first kappa shape index (κ1) is 22.5. The maximum absolute atomic E-state index is 13.2. The highest BCUT2D eigenvalue weighted by atomic mass is 32.2. The Morgan fingerprint density at radius 2 is 1.52 bits per heavy atom. The van der Waals surface area contributed by atoms with Gasteiger partial charge >= 0.3 is 0 Å². The number of ether oxygens (including phenoxy) is 1. The molecule has 3 rings (SSSR count). The number of para-hydroxylation sites is 1. The highest BCUT2D eigenvalue weighted by Crippen LogP contribution is 2.28. The Bertz CT molecular complexity index is 1070. The average molecular weight is 442 g/mol. The van der Waals surface area contributed by atoms with Gasteiger partial charge in [-0.2, -0.15) is 0 Å². The van der Waals surface area contributed by atoms with Crippen LogP contribution in [-0.4, -0.2) is 27.5 Å². The van der Waals surface area contributed by atoms with E-state index in [0.29, 0.717) is 18.6 Å². The Hall–Kier alpha value is -3.19. The Balaban J connectivity index is 1.61. The average Bonchev–Trinajstić information content (AvgIpc) is 2.78. The summed E-state index contributed by atoms with van der Waals surface area (Å²) >= 11 is 0. The first-order chi connectivity index (χ1) is 15.0. The molecule has 0 aliphatic carbocycles. The van der Waals surface area contributed by atoms with Crippen molar-refractivity contribution < 1.29 is 22.3 Å². The van der Waals surface area contributed by atoms with Crippen LogP contribution in [-0.2, 0) is 14.6 Å². The van der Waals surface area contributed by atoms with Gasteiger partial charge < -0.3 is 10.1 Å². The Kier molecular flexibility index (Phi) is 7.78. The van der Waals surface area contributed by atoms with E-state index in [2.05, 4.69) is 5.32 Å². The molecule has 0 saturated heterocycles. The molecule has 1 unspecified atom stereocenters. The molecular weight excluding hydrogens is 417 g/mol. The topological polar surface area (TPSA) is 72.5 Å². The fraction of sp³-hybridized carbons (Fsp3) is 0.208. The van der Waals surface area contributed by atoms with E-state index in [4.69, 9.17) is 4.74 Å². The summed E-state index contributed by atoms with van der Waals surface area (Å²) in [5, 5.41) is 1.74. The number of benzene rings is 3. The number of carbonyl (C=O) groups excluding carboxylic acids is 1. The molecule has 1 amide bonds. The van der Waals surface area contributed by atoms with Crippen LogP contribution in [0, 0.1) is 5.82 Å². The minimum atomic E-state index is -3.83. The van der Waals surface area contributed by atoms with Gasteiger partial charge in [0.25, 0.3) is 0 Å². The summed E-state index contributed by atoms with van der Waals surface area (Å²) in [6, 6.07) is 22.7. The molecule has 0 heterocycles. The van der Waals surface area contributed by atoms with E-state index in [1.54, 1.807) is 30.3 Å². The maximum atomic E-state index is 13.2. The van der Waals surface area contributed by atoms with Crippen molar-refractivity contribution in [2.24, 2.45) is 0 Å². The maximum Gasteiger partial charge on any atom is 0.220 e. The largest absolute Gasteiger partial charge is 0.494 e. The van der Waals surface area contributed by atoms with Gasteiger partial charge in [0.1, 0.15) is 16.8 Å². The van der Waals surface area contributed by atoms with Crippen LogP contribution in [0.5, 0.6) is 5.75 Å². The second-order valence-corrected chi connectivity index (χ2v) is 9.10. The molecule has 162 valence electrons. The molecule has 0 aliphatic heterocycles. The van der Waals surface area contributed by atoms with Gasteiger partial charge in [-0.1, -0.05) is 48.5 Å². The lowest BCUT2D eigenvalue weighted by atomic mass is 10.1. The van der Waals surface area contributed by atoms with Gasteiger partial charge in [0, 0.05) is 13.0 Å². The fourth-order valence-corrected chi connectivity index (χ4v) is 4.76. The third kappa shape index (κ3) is 6.39. The summed E-state index contributed by atoms with van der Waals surface area (Å²) in [5.74, 6) is -0.0365. The second kappa shape index (κ2) is 10.7. The zero-order chi connectivity index (χ0) is 22.1. The lowest BCUT2D eigenvalue weighted by molar-refractivity contribution is -0.121. The van der Waals surface area contributed by atoms with Crippen molar-refractivity contribution in [1.29, 1.82) is 0 Å². The molecule has 0 spiro atoms. The van der Waals surface area contributed by atoms with Gasteiger partial charge in [-0.15, -0.1) is 0 Å². The molecule has 7 heteroatoms. The summed E-state index contributed by atoms with van der Waals surface area (Å²) in [7, 11) is -3.83. The number of rotatable bonds is 10. The van der Waals surface area contributed by atoms with E-state index in [9.17, 15) is 17.6 Å². The molecule has 3 aromatic rings. The summed E-state index contributed by atoms with van der Waals surface area (Å²) in [4.78, 5) is 12.3. The molecule has 5 nitrogen and oxygen atoms in total. The fourth-order valence-electron chi connectivity index (χ4n) is 3.10. The van der Waals surface area contributed by atoms with Crippen LogP contribution in [0.4, 0.5) is 4.39 Å². The quantitative estimate of drug-likeness (QED) is 0.376. The second-order valence-electron chi connectivity index (χ2n) is 6.97. The van der Waals surface area contributed by atoms with Crippen molar-refractivity contribution >= 4 is 15.7 Å². The summed E-state index contributed by atoms with van der Waals surface area (Å²) < 4.78 is 45.2. The number of amides is 1. The van der Waals surface area contributed by atoms with Gasteiger partial charge in [0.15, 0.2) is 9.84 Å². The van der Waals surface area contributed by atoms with Crippen LogP contribution in [0.1, 0.15) is 23.7 Å². The van der Waals surface area contributed by atoms with E-state index in [1.165, 1.54) is 12.1 Å². The molecule has 1 atom stereocenters. The van der Waals surface area contributed by atoms with Gasteiger partial charge in [-0.05, 0) is 48.4 Å². The number of nitrogens with one attached hydrogen (secondary N) is 1. The van der Waals surface area contributed by atoms with E-state index in [0.717, 1.165) is 17.9 Å². The predicted molar refractivity (Wildman–Crippen MR) is 117 cm³/mol. The van der Waals surface area contributed by atoms with Crippen molar-refractivity contribution in [1.82, 2.24) is 5.32 Å². The van der Waals surface area contributed by atoms with Crippen molar-refractivity contribution in [3.8, 4) is 5.75 Å². The highest BCUT2D eigenvalue weighted by Gasteiger charge is 2.29. The summed E-state index contributed by atoms with van der Waals surface area (Å²) in [5.41, 5.74) is 0.555. The molecule has 0 bridgehead atoms. The lowest BCUT2D eigenvalue weighted by Gasteiger charge is -2.19. The van der Waals surface area contributed by atoms with Gasteiger partial charge in [0.05, 0.1) is 11.5 Å². The number of hydrogen-bond donors (Lipinski definition) is 1. The molecular formula is C24H24FNO4S. The minimum absolute atomic E-state index is 0.00765. The van der Waals surface area contributed by atoms with Crippen LogP contribution in [0.15, 0.2) is 89.8 Å².